The fraction of sp³-hybridized carbons (Fsp3) is 0.429. The monoisotopic (exact) mass is 290 g/mol. The maximum atomic E-state index is 12.4. The van der Waals surface area contributed by atoms with Crippen LogP contribution in [0.3, 0.4) is 0 Å². The first-order valence-corrected chi connectivity index (χ1v) is 6.66. The number of carbonyl (C=O) groups is 1. The van der Waals surface area contributed by atoms with E-state index >= 15 is 0 Å². The molecule has 0 bridgehead atoms. The second-order valence-corrected chi connectivity index (χ2v) is 4.55. The number of hydrogen-bond acceptors (Lipinski definition) is 5. The lowest BCUT2D eigenvalue weighted by molar-refractivity contribution is -0.384. The van der Waals surface area contributed by atoms with Crippen LogP contribution in [0.15, 0.2) is 18.2 Å². The summed E-state index contributed by atoms with van der Waals surface area (Å²) in [6.45, 7) is 2.93. The lowest BCUT2D eigenvalue weighted by Gasteiger charge is -2.18. The Morgan fingerprint density at radius 2 is 2.24 bits per heavy atom. The predicted molar refractivity (Wildman–Crippen MR) is 79.1 cm³/mol. The molecule has 0 spiro atoms. The highest BCUT2D eigenvalue weighted by Gasteiger charge is 2.19. The lowest BCUT2D eigenvalue weighted by Crippen LogP contribution is -2.28. The number of nitro groups is 1. The van der Waals surface area contributed by atoms with Gasteiger partial charge < -0.3 is 10.2 Å². The average molecular weight is 290 g/mol. The minimum absolute atomic E-state index is 0.130. The quantitative estimate of drug-likeness (QED) is 0.614. The summed E-state index contributed by atoms with van der Waals surface area (Å²) in [5.41, 5.74) is 0.684. The molecule has 7 nitrogen and oxygen atoms in total. The molecule has 0 aromatic heterocycles. The summed E-state index contributed by atoms with van der Waals surface area (Å²) in [6, 6.07) is 6.14. The fourth-order valence-corrected chi connectivity index (χ4v) is 1.76. The molecule has 0 saturated carbocycles. The summed E-state index contributed by atoms with van der Waals surface area (Å²) in [6.07, 6.45) is 1.09. The number of nitrogens with one attached hydrogen (secondary N) is 1. The number of non-ortho nitro benzene ring substituents is 1. The van der Waals surface area contributed by atoms with Crippen molar-refractivity contribution in [1.82, 2.24) is 4.90 Å². The average Bonchev–Trinajstić information content (AvgIpc) is 2.49. The van der Waals surface area contributed by atoms with E-state index in [9.17, 15) is 14.9 Å². The summed E-state index contributed by atoms with van der Waals surface area (Å²) in [4.78, 5) is 24.1. The molecule has 112 valence electrons. The smallest absolute Gasteiger partial charge is 0.270 e. The van der Waals surface area contributed by atoms with Crippen LogP contribution in [0.1, 0.15) is 30.1 Å². The molecule has 0 radical (unpaired) electrons. The molecular weight excluding hydrogens is 272 g/mol. The van der Waals surface area contributed by atoms with Crippen molar-refractivity contribution in [3.05, 3.63) is 33.9 Å². The van der Waals surface area contributed by atoms with Crippen molar-refractivity contribution >= 4 is 17.3 Å². The summed E-state index contributed by atoms with van der Waals surface area (Å²) in [5, 5.41) is 22.5. The Morgan fingerprint density at radius 1 is 1.52 bits per heavy atom. The molecule has 1 N–H and O–H groups in total. The Kier molecular flexibility index (Phi) is 6.14. The Bertz CT molecular complexity index is 566. The number of carbonyl (C=O) groups excluding carboxylic acids is 1. The van der Waals surface area contributed by atoms with Crippen molar-refractivity contribution in [2.75, 3.05) is 25.5 Å². The van der Waals surface area contributed by atoms with Gasteiger partial charge in [-0.3, -0.25) is 14.9 Å². The number of nitro benzene ring substituents is 1. The van der Waals surface area contributed by atoms with Gasteiger partial charge in [0, 0.05) is 38.0 Å². The van der Waals surface area contributed by atoms with Crippen molar-refractivity contribution in [2.45, 2.75) is 19.8 Å². The highest BCUT2D eigenvalue weighted by atomic mass is 16.6. The topological polar surface area (TPSA) is 99.3 Å². The van der Waals surface area contributed by atoms with Gasteiger partial charge >= 0.3 is 0 Å². The van der Waals surface area contributed by atoms with E-state index in [0.29, 0.717) is 12.2 Å². The number of hydrogen-bond donors (Lipinski definition) is 1. The molecule has 1 amide bonds. The molecule has 0 unspecified atom stereocenters. The normalized spacial score (nSPS) is 9.76. The van der Waals surface area contributed by atoms with Crippen LogP contribution in [0.2, 0.25) is 0 Å². The first-order chi connectivity index (χ1) is 10.0. The molecule has 0 aliphatic carbocycles. The van der Waals surface area contributed by atoms with Crippen LogP contribution in [0.5, 0.6) is 0 Å². The Labute approximate surface area is 123 Å². The molecule has 0 heterocycles. The van der Waals surface area contributed by atoms with E-state index in [1.165, 1.54) is 17.0 Å². The van der Waals surface area contributed by atoms with E-state index in [1.807, 2.05) is 13.0 Å². The zero-order valence-corrected chi connectivity index (χ0v) is 12.1. The third kappa shape index (κ3) is 4.45. The minimum atomic E-state index is -0.532. The van der Waals surface area contributed by atoms with Gasteiger partial charge in [0.05, 0.1) is 23.0 Å². The van der Waals surface area contributed by atoms with Crippen molar-refractivity contribution in [3.63, 3.8) is 0 Å². The van der Waals surface area contributed by atoms with Gasteiger partial charge in [-0.1, -0.05) is 6.92 Å². The van der Waals surface area contributed by atoms with Crippen LogP contribution in [0.4, 0.5) is 11.4 Å². The van der Waals surface area contributed by atoms with Gasteiger partial charge in [-0.25, -0.2) is 0 Å². The number of nitrogens with zero attached hydrogens (tertiary/aromatic N) is 3. The first-order valence-electron chi connectivity index (χ1n) is 6.66. The highest BCUT2D eigenvalue weighted by Crippen LogP contribution is 2.23. The van der Waals surface area contributed by atoms with Crippen molar-refractivity contribution in [3.8, 4) is 6.07 Å². The summed E-state index contributed by atoms with van der Waals surface area (Å²) in [5.74, 6) is -0.340. The second kappa shape index (κ2) is 7.85. The van der Waals surface area contributed by atoms with E-state index in [-0.39, 0.29) is 30.1 Å². The Balaban J connectivity index is 3.09. The van der Waals surface area contributed by atoms with E-state index in [0.717, 1.165) is 6.42 Å². The standard InChI is InChI=1S/C14H18N4O3/c1-3-8-16-13-6-5-11(18(20)21)10-12(13)14(19)17(2)9-4-7-15/h5-6,10,16H,3-4,8-9H2,1-2H3. The van der Waals surface area contributed by atoms with Crippen molar-refractivity contribution in [2.24, 2.45) is 0 Å². The van der Waals surface area contributed by atoms with Gasteiger partial charge in [0.2, 0.25) is 0 Å². The molecule has 21 heavy (non-hydrogen) atoms. The van der Waals surface area contributed by atoms with E-state index in [2.05, 4.69) is 5.32 Å². The number of rotatable bonds is 7. The zero-order chi connectivity index (χ0) is 15.8. The third-order valence-electron chi connectivity index (χ3n) is 2.92. The van der Waals surface area contributed by atoms with Gasteiger partial charge in [-0.05, 0) is 12.5 Å². The molecule has 1 aromatic carbocycles. The molecule has 0 aliphatic heterocycles. The Morgan fingerprint density at radius 3 is 2.81 bits per heavy atom. The van der Waals surface area contributed by atoms with Crippen LogP contribution in [0.25, 0.3) is 0 Å². The molecule has 1 aromatic rings. The SMILES string of the molecule is CCCNc1ccc([N+](=O)[O-])cc1C(=O)N(C)CCC#N. The largest absolute Gasteiger partial charge is 0.384 e. The predicted octanol–water partition coefficient (Wildman–Crippen LogP) is 2.40. The summed E-state index contributed by atoms with van der Waals surface area (Å²) >= 11 is 0. The summed E-state index contributed by atoms with van der Waals surface area (Å²) < 4.78 is 0. The molecule has 0 aliphatic rings. The molecule has 0 fully saturated rings. The van der Waals surface area contributed by atoms with Crippen molar-refractivity contribution < 1.29 is 9.72 Å². The Hall–Kier alpha value is -2.62. The summed E-state index contributed by atoms with van der Waals surface area (Å²) in [7, 11) is 1.57. The van der Waals surface area contributed by atoms with Crippen LogP contribution < -0.4 is 5.32 Å². The minimum Gasteiger partial charge on any atom is -0.384 e. The highest BCUT2D eigenvalue weighted by molar-refractivity contribution is 6.00. The lowest BCUT2D eigenvalue weighted by atomic mass is 10.1. The van der Waals surface area contributed by atoms with E-state index in [4.69, 9.17) is 5.26 Å². The number of benzene rings is 1. The first kappa shape index (κ1) is 16.4. The molecule has 1 rings (SSSR count). The van der Waals surface area contributed by atoms with E-state index in [1.54, 1.807) is 13.1 Å². The zero-order valence-electron chi connectivity index (χ0n) is 12.1. The molecule has 0 atom stereocenters. The van der Waals surface area contributed by atoms with E-state index < -0.39 is 4.92 Å². The van der Waals surface area contributed by atoms with Gasteiger partial charge in [-0.15, -0.1) is 0 Å². The van der Waals surface area contributed by atoms with Crippen molar-refractivity contribution in [1.29, 1.82) is 5.26 Å². The number of amides is 1. The van der Waals surface area contributed by atoms with Crippen LogP contribution in [-0.4, -0.2) is 35.9 Å². The van der Waals surface area contributed by atoms with Gasteiger partial charge in [0.25, 0.3) is 11.6 Å². The molecular formula is C14H18N4O3. The second-order valence-electron chi connectivity index (χ2n) is 4.55. The molecule has 7 heteroatoms. The van der Waals surface area contributed by atoms with Gasteiger partial charge in [0.15, 0.2) is 0 Å². The fourth-order valence-electron chi connectivity index (χ4n) is 1.76. The number of nitriles is 1. The van der Waals surface area contributed by atoms with Crippen LogP contribution in [-0.2, 0) is 0 Å². The maximum absolute atomic E-state index is 12.4. The number of anilines is 1. The third-order valence-corrected chi connectivity index (χ3v) is 2.92. The van der Waals surface area contributed by atoms with Crippen LogP contribution >= 0.6 is 0 Å². The maximum Gasteiger partial charge on any atom is 0.270 e. The van der Waals surface area contributed by atoms with Gasteiger partial charge in [0.1, 0.15) is 0 Å². The van der Waals surface area contributed by atoms with Gasteiger partial charge in [-0.2, -0.15) is 5.26 Å². The van der Waals surface area contributed by atoms with Crippen LogP contribution in [0, 0.1) is 21.4 Å². The molecule has 0 saturated heterocycles.